The first kappa shape index (κ1) is 22.4. The summed E-state index contributed by atoms with van der Waals surface area (Å²) in [4.78, 5) is 27.8. The van der Waals surface area contributed by atoms with E-state index in [1.807, 2.05) is 37.1 Å². The summed E-state index contributed by atoms with van der Waals surface area (Å²) in [5.74, 6) is 0.605. The number of rotatable bonds is 10. The Hall–Kier alpha value is -2.86. The molecule has 0 saturated carbocycles. The van der Waals surface area contributed by atoms with Gasteiger partial charge in [-0.3, -0.25) is 9.59 Å². The summed E-state index contributed by atoms with van der Waals surface area (Å²) >= 11 is 0. The molecule has 0 aliphatic carbocycles. The topological polar surface area (TPSA) is 63.1 Å². The van der Waals surface area contributed by atoms with Gasteiger partial charge in [0.15, 0.2) is 13.1 Å². The fourth-order valence-corrected chi connectivity index (χ4v) is 3.09. The maximum absolute atomic E-state index is 12.8. The largest absolute Gasteiger partial charge is 0.497 e. The summed E-state index contributed by atoms with van der Waals surface area (Å²) in [7, 11) is 3.45. The molecule has 1 atom stereocenters. The highest BCUT2D eigenvalue weighted by molar-refractivity contribution is 5.91. The van der Waals surface area contributed by atoms with Crippen LogP contribution < -0.4 is 15.0 Å². The molecule has 0 radical (unpaired) electrons. The molecule has 0 aromatic heterocycles. The van der Waals surface area contributed by atoms with Crippen LogP contribution in [0, 0.1) is 6.92 Å². The Morgan fingerprint density at radius 2 is 1.83 bits per heavy atom. The van der Waals surface area contributed by atoms with Crippen molar-refractivity contribution in [2.75, 3.05) is 39.1 Å². The van der Waals surface area contributed by atoms with Gasteiger partial charge in [-0.15, -0.1) is 0 Å². The normalized spacial score (nSPS) is 11.6. The van der Waals surface area contributed by atoms with E-state index in [0.29, 0.717) is 24.5 Å². The maximum atomic E-state index is 12.8. The highest BCUT2D eigenvalue weighted by atomic mass is 16.5. The zero-order chi connectivity index (χ0) is 21.2. The van der Waals surface area contributed by atoms with Gasteiger partial charge in [0.1, 0.15) is 5.75 Å². The molecule has 0 saturated heterocycles. The molecule has 2 N–H and O–H groups in total. The van der Waals surface area contributed by atoms with Gasteiger partial charge in [0.25, 0.3) is 11.8 Å². The fourth-order valence-electron chi connectivity index (χ4n) is 3.09. The first-order valence-electron chi connectivity index (χ1n) is 9.99. The van der Waals surface area contributed by atoms with Crippen molar-refractivity contribution in [3.8, 4) is 5.75 Å². The monoisotopic (exact) mass is 398 g/mol. The van der Waals surface area contributed by atoms with Crippen LogP contribution >= 0.6 is 0 Å². The lowest BCUT2D eigenvalue weighted by atomic mass is 10.1. The van der Waals surface area contributed by atoms with Gasteiger partial charge in [0.2, 0.25) is 0 Å². The Kier molecular flexibility index (Phi) is 8.68. The van der Waals surface area contributed by atoms with Crippen molar-refractivity contribution < 1.29 is 19.2 Å². The minimum atomic E-state index is -0.135. The van der Waals surface area contributed by atoms with Crippen LogP contribution in [-0.2, 0) is 16.1 Å². The molecule has 0 spiro atoms. The molecule has 0 fully saturated rings. The number of amides is 2. The minimum Gasteiger partial charge on any atom is -0.497 e. The number of methoxy groups -OCH3 is 1. The van der Waals surface area contributed by atoms with Crippen molar-refractivity contribution in [3.63, 3.8) is 0 Å². The first-order valence-corrected chi connectivity index (χ1v) is 9.99. The Labute approximate surface area is 173 Å². The van der Waals surface area contributed by atoms with Gasteiger partial charge in [0, 0.05) is 24.8 Å². The van der Waals surface area contributed by atoms with E-state index in [9.17, 15) is 9.59 Å². The van der Waals surface area contributed by atoms with Crippen LogP contribution in [0.3, 0.4) is 0 Å². The quantitative estimate of drug-likeness (QED) is 0.643. The van der Waals surface area contributed by atoms with E-state index >= 15 is 0 Å². The molecule has 2 aromatic carbocycles. The molecular formula is C23H32N3O3+. The van der Waals surface area contributed by atoms with Crippen LogP contribution in [0.15, 0.2) is 48.5 Å². The lowest BCUT2D eigenvalue weighted by molar-refractivity contribution is -0.862. The third kappa shape index (κ3) is 7.58. The van der Waals surface area contributed by atoms with Crippen molar-refractivity contribution in [3.05, 3.63) is 59.7 Å². The number of quaternary nitrogens is 1. The molecule has 1 unspecified atom stereocenters. The zero-order valence-electron chi connectivity index (χ0n) is 17.8. The number of nitrogens with zero attached hydrogens (tertiary/aromatic N) is 1. The van der Waals surface area contributed by atoms with Crippen LogP contribution in [0.1, 0.15) is 24.5 Å². The number of ether oxygens (including phenoxy) is 1. The number of hydrogen-bond acceptors (Lipinski definition) is 3. The van der Waals surface area contributed by atoms with E-state index < -0.39 is 0 Å². The summed E-state index contributed by atoms with van der Waals surface area (Å²) in [6, 6.07) is 15.5. The van der Waals surface area contributed by atoms with Crippen LogP contribution in [0.4, 0.5) is 5.69 Å². The summed E-state index contributed by atoms with van der Waals surface area (Å²) in [6.07, 6.45) is 0.896. The molecule has 0 aliphatic rings. The second kappa shape index (κ2) is 11.2. The predicted octanol–water partition coefficient (Wildman–Crippen LogP) is 1.90. The van der Waals surface area contributed by atoms with Crippen molar-refractivity contribution in [1.82, 2.24) is 4.90 Å². The molecule has 156 valence electrons. The Bertz CT molecular complexity index is 805. The van der Waals surface area contributed by atoms with E-state index in [1.54, 1.807) is 13.2 Å². The van der Waals surface area contributed by atoms with Gasteiger partial charge < -0.3 is 19.9 Å². The number of nitrogens with one attached hydrogen (secondary N) is 2. The number of benzene rings is 2. The molecule has 0 aliphatic heterocycles. The number of anilines is 1. The van der Waals surface area contributed by atoms with Gasteiger partial charge in [-0.25, -0.2) is 0 Å². The fraction of sp³-hybridized carbons (Fsp3) is 0.391. The van der Waals surface area contributed by atoms with Crippen LogP contribution in [0.2, 0.25) is 0 Å². The zero-order valence-corrected chi connectivity index (χ0v) is 17.8. The van der Waals surface area contributed by atoms with Crippen LogP contribution in [0.5, 0.6) is 5.75 Å². The summed E-state index contributed by atoms with van der Waals surface area (Å²) in [6.45, 7) is 5.90. The van der Waals surface area contributed by atoms with Gasteiger partial charge in [-0.1, -0.05) is 42.8 Å². The van der Waals surface area contributed by atoms with Gasteiger partial charge in [0.05, 0.1) is 14.2 Å². The van der Waals surface area contributed by atoms with Gasteiger partial charge >= 0.3 is 0 Å². The standard InChI is InChI=1S/C23H31N3O3/c1-5-13-26(15-19-11-9-18(2)10-12-19)23(28)17-25(3)16-22(27)24-20-7-6-8-21(14-20)29-4/h6-12,14H,5,13,15-17H2,1-4H3,(H,24,27)/p+1. The summed E-state index contributed by atoms with van der Waals surface area (Å²) in [5, 5.41) is 2.86. The Morgan fingerprint density at radius 1 is 1.10 bits per heavy atom. The lowest BCUT2D eigenvalue weighted by Gasteiger charge is -2.24. The number of carbonyl (C=O) groups excluding carboxylic acids is 2. The number of likely N-dealkylation sites (N-methyl/N-ethyl adjacent to an activating group) is 1. The summed E-state index contributed by atoms with van der Waals surface area (Å²) in [5.41, 5.74) is 3.00. The number of hydrogen-bond donors (Lipinski definition) is 2. The average Bonchev–Trinajstić information content (AvgIpc) is 2.69. The van der Waals surface area contributed by atoms with E-state index in [-0.39, 0.29) is 24.9 Å². The van der Waals surface area contributed by atoms with Gasteiger partial charge in [-0.05, 0) is 31.0 Å². The molecule has 2 rings (SSSR count). The first-order chi connectivity index (χ1) is 13.9. The second-order valence-electron chi connectivity index (χ2n) is 7.39. The summed E-state index contributed by atoms with van der Waals surface area (Å²) < 4.78 is 5.17. The number of aryl methyl sites for hydroxylation is 1. The number of carbonyl (C=O) groups is 2. The predicted molar refractivity (Wildman–Crippen MR) is 115 cm³/mol. The van der Waals surface area contributed by atoms with Crippen molar-refractivity contribution in [2.45, 2.75) is 26.8 Å². The van der Waals surface area contributed by atoms with Gasteiger partial charge in [-0.2, -0.15) is 0 Å². The van der Waals surface area contributed by atoms with Crippen molar-refractivity contribution in [2.24, 2.45) is 0 Å². The third-order valence-electron chi connectivity index (χ3n) is 4.61. The van der Waals surface area contributed by atoms with Crippen molar-refractivity contribution in [1.29, 1.82) is 0 Å². The Morgan fingerprint density at radius 3 is 2.48 bits per heavy atom. The van der Waals surface area contributed by atoms with E-state index in [0.717, 1.165) is 16.9 Å². The van der Waals surface area contributed by atoms with Crippen LogP contribution in [0.25, 0.3) is 0 Å². The minimum absolute atomic E-state index is 0.0547. The van der Waals surface area contributed by atoms with E-state index in [4.69, 9.17) is 4.74 Å². The Balaban J connectivity index is 1.88. The molecule has 6 heteroatoms. The SMILES string of the molecule is CCCN(Cc1ccc(C)cc1)C(=O)C[NH+](C)CC(=O)Nc1cccc(OC)c1. The smallest absolute Gasteiger partial charge is 0.279 e. The molecule has 6 nitrogen and oxygen atoms in total. The maximum Gasteiger partial charge on any atom is 0.279 e. The van der Waals surface area contributed by atoms with Crippen molar-refractivity contribution >= 4 is 17.5 Å². The molecule has 2 amide bonds. The lowest BCUT2D eigenvalue weighted by Crippen LogP contribution is -3.11. The molecule has 29 heavy (non-hydrogen) atoms. The van der Waals surface area contributed by atoms with E-state index in [1.165, 1.54) is 5.56 Å². The molecular weight excluding hydrogens is 366 g/mol. The highest BCUT2D eigenvalue weighted by Gasteiger charge is 2.19. The molecule has 0 heterocycles. The van der Waals surface area contributed by atoms with Crippen LogP contribution in [-0.4, -0.2) is 50.5 Å². The average molecular weight is 399 g/mol. The second-order valence-corrected chi connectivity index (χ2v) is 7.39. The molecule has 2 aromatic rings. The molecule has 0 bridgehead atoms. The third-order valence-corrected chi connectivity index (χ3v) is 4.61. The highest BCUT2D eigenvalue weighted by Crippen LogP contribution is 2.16. The van der Waals surface area contributed by atoms with E-state index in [2.05, 4.69) is 36.5 Å².